The lowest BCUT2D eigenvalue weighted by Gasteiger charge is -2.19. The second-order valence-corrected chi connectivity index (χ2v) is 10.7. The maximum atomic E-state index is 4.74. The fourth-order valence-electron chi connectivity index (χ4n) is 6.07. The Hall–Kier alpha value is -5.48. The van der Waals surface area contributed by atoms with E-state index in [9.17, 15) is 0 Å². The van der Waals surface area contributed by atoms with E-state index < -0.39 is 0 Å². The quantitative estimate of drug-likeness (QED) is 0.242. The Balaban J connectivity index is 1.20. The molecule has 0 bridgehead atoms. The SMILES string of the molecule is C1=CCc2c3c(c4ccc(-c5ccc(-c6ccccn6)nc5)cc4c2=C1)=CCC(c1ccc(-c2ccccn2)nc1)=C3. The molecule has 2 aromatic carbocycles. The van der Waals surface area contributed by atoms with E-state index >= 15 is 0 Å². The molecule has 0 aliphatic heterocycles. The maximum Gasteiger partial charge on any atom is 0.0886 e. The zero-order valence-corrected chi connectivity index (χ0v) is 22.9. The van der Waals surface area contributed by atoms with Crippen molar-refractivity contribution in [3.05, 3.63) is 143 Å². The molecule has 0 atom stereocenters. The van der Waals surface area contributed by atoms with Gasteiger partial charge in [-0.1, -0.05) is 60.7 Å². The van der Waals surface area contributed by atoms with Crippen molar-refractivity contribution >= 4 is 34.6 Å². The molecule has 0 saturated heterocycles. The first-order chi connectivity index (χ1) is 20.8. The van der Waals surface area contributed by atoms with E-state index in [1.165, 1.54) is 43.5 Å². The number of rotatable bonds is 4. The normalized spacial score (nSPS) is 13.5. The van der Waals surface area contributed by atoms with Gasteiger partial charge in [0.1, 0.15) is 0 Å². The summed E-state index contributed by atoms with van der Waals surface area (Å²) < 4.78 is 0. The van der Waals surface area contributed by atoms with E-state index in [0.717, 1.165) is 46.7 Å². The Morgan fingerprint density at radius 2 is 1.24 bits per heavy atom. The van der Waals surface area contributed by atoms with Gasteiger partial charge in [-0.25, -0.2) is 0 Å². The number of benzene rings is 2. The summed E-state index contributed by atoms with van der Waals surface area (Å²) in [4.78, 5) is 18.3. The van der Waals surface area contributed by atoms with Crippen LogP contribution in [-0.2, 0) is 6.42 Å². The van der Waals surface area contributed by atoms with Crippen LogP contribution in [0.2, 0.25) is 0 Å². The molecular formula is C38H26N4. The van der Waals surface area contributed by atoms with Crippen molar-refractivity contribution in [1.29, 1.82) is 0 Å². The number of allylic oxidation sites excluding steroid dienone is 3. The maximum absolute atomic E-state index is 4.74. The summed E-state index contributed by atoms with van der Waals surface area (Å²) >= 11 is 0. The Morgan fingerprint density at radius 1 is 0.548 bits per heavy atom. The number of fused-ring (bicyclic) bond motifs is 6. The highest BCUT2D eigenvalue weighted by Gasteiger charge is 2.17. The van der Waals surface area contributed by atoms with Gasteiger partial charge in [-0.15, -0.1) is 0 Å². The molecule has 4 nitrogen and oxygen atoms in total. The molecule has 0 amide bonds. The summed E-state index contributed by atoms with van der Waals surface area (Å²) in [5.74, 6) is 0. The lowest BCUT2D eigenvalue weighted by atomic mass is 9.85. The van der Waals surface area contributed by atoms with Crippen LogP contribution >= 0.6 is 0 Å². The molecule has 0 unspecified atom stereocenters. The van der Waals surface area contributed by atoms with Gasteiger partial charge in [-0.2, -0.15) is 0 Å². The highest BCUT2D eigenvalue weighted by Crippen LogP contribution is 2.30. The zero-order valence-electron chi connectivity index (χ0n) is 22.9. The van der Waals surface area contributed by atoms with Crippen LogP contribution in [0.1, 0.15) is 23.1 Å². The number of hydrogen-bond acceptors (Lipinski definition) is 4. The molecule has 4 heteroatoms. The highest BCUT2D eigenvalue weighted by molar-refractivity contribution is 5.97. The van der Waals surface area contributed by atoms with Crippen molar-refractivity contribution in [3.63, 3.8) is 0 Å². The predicted molar refractivity (Wildman–Crippen MR) is 171 cm³/mol. The second-order valence-electron chi connectivity index (χ2n) is 10.7. The van der Waals surface area contributed by atoms with Gasteiger partial charge >= 0.3 is 0 Å². The van der Waals surface area contributed by atoms with Crippen LogP contribution < -0.4 is 10.4 Å². The van der Waals surface area contributed by atoms with Crippen LogP contribution in [0, 0.1) is 0 Å². The zero-order chi connectivity index (χ0) is 27.9. The number of aromatic nitrogens is 4. The van der Waals surface area contributed by atoms with Crippen LogP contribution in [0.5, 0.6) is 0 Å². The van der Waals surface area contributed by atoms with Gasteiger partial charge in [-0.05, 0) is 110 Å². The van der Waals surface area contributed by atoms with E-state index in [2.05, 4.69) is 82.8 Å². The summed E-state index contributed by atoms with van der Waals surface area (Å²) in [6.07, 6.45) is 20.8. The first kappa shape index (κ1) is 24.3. The minimum absolute atomic E-state index is 0.867. The Morgan fingerprint density at radius 3 is 1.90 bits per heavy atom. The van der Waals surface area contributed by atoms with Gasteiger partial charge in [0.25, 0.3) is 0 Å². The lowest BCUT2D eigenvalue weighted by molar-refractivity contribution is 1.21. The number of pyridine rings is 4. The minimum atomic E-state index is 0.867. The van der Waals surface area contributed by atoms with E-state index in [1.54, 1.807) is 12.4 Å². The van der Waals surface area contributed by atoms with E-state index in [0.29, 0.717) is 0 Å². The van der Waals surface area contributed by atoms with Gasteiger partial charge in [-0.3, -0.25) is 19.9 Å². The summed E-state index contributed by atoms with van der Waals surface area (Å²) in [6.45, 7) is 0. The predicted octanol–water partition coefficient (Wildman–Crippen LogP) is 7.04. The van der Waals surface area contributed by atoms with Crippen molar-refractivity contribution in [1.82, 2.24) is 19.9 Å². The first-order valence-corrected chi connectivity index (χ1v) is 14.2. The number of hydrogen-bond donors (Lipinski definition) is 0. The molecule has 0 fully saturated rings. The average molecular weight is 539 g/mol. The Bertz CT molecular complexity index is 2140. The molecule has 198 valence electrons. The fraction of sp³-hybridized carbons (Fsp3) is 0.0526. The van der Waals surface area contributed by atoms with Crippen LogP contribution in [0.3, 0.4) is 0 Å². The molecule has 2 aliphatic carbocycles. The summed E-state index contributed by atoms with van der Waals surface area (Å²) in [6, 6.07) is 27.1. The molecule has 0 spiro atoms. The van der Waals surface area contributed by atoms with E-state index in [-0.39, 0.29) is 0 Å². The summed E-state index contributed by atoms with van der Waals surface area (Å²) in [5.41, 5.74) is 10.9. The third-order valence-corrected chi connectivity index (χ3v) is 8.19. The molecule has 2 aliphatic rings. The fourth-order valence-corrected chi connectivity index (χ4v) is 6.07. The van der Waals surface area contributed by atoms with Gasteiger partial charge in [0, 0.05) is 30.4 Å². The molecule has 4 aromatic heterocycles. The number of nitrogens with zero attached hydrogens (tertiary/aromatic N) is 4. The highest BCUT2D eigenvalue weighted by atomic mass is 14.8. The van der Waals surface area contributed by atoms with Crippen LogP contribution in [0.4, 0.5) is 0 Å². The molecule has 4 heterocycles. The van der Waals surface area contributed by atoms with Gasteiger partial charge in [0.2, 0.25) is 0 Å². The topological polar surface area (TPSA) is 51.6 Å². The van der Waals surface area contributed by atoms with Crippen molar-refractivity contribution in [2.45, 2.75) is 12.8 Å². The van der Waals surface area contributed by atoms with Crippen LogP contribution in [0.15, 0.2) is 116 Å². The summed E-state index contributed by atoms with van der Waals surface area (Å²) in [7, 11) is 0. The van der Waals surface area contributed by atoms with Crippen molar-refractivity contribution in [2.24, 2.45) is 0 Å². The average Bonchev–Trinajstić information content (AvgIpc) is 3.09. The van der Waals surface area contributed by atoms with Crippen LogP contribution in [-0.4, -0.2) is 19.9 Å². The monoisotopic (exact) mass is 538 g/mol. The molecular weight excluding hydrogens is 512 g/mol. The molecule has 0 N–H and O–H groups in total. The lowest BCUT2D eigenvalue weighted by Crippen LogP contribution is -2.24. The third kappa shape index (κ3) is 4.25. The molecule has 6 aromatic rings. The van der Waals surface area contributed by atoms with Gasteiger partial charge in [0.15, 0.2) is 0 Å². The van der Waals surface area contributed by atoms with Crippen molar-refractivity contribution in [3.8, 4) is 33.9 Å². The first-order valence-electron chi connectivity index (χ1n) is 14.2. The van der Waals surface area contributed by atoms with Crippen LogP contribution in [0.25, 0.3) is 68.5 Å². The van der Waals surface area contributed by atoms with E-state index in [4.69, 9.17) is 9.97 Å². The second kappa shape index (κ2) is 10.2. The van der Waals surface area contributed by atoms with E-state index in [1.807, 2.05) is 48.8 Å². The molecule has 0 saturated carbocycles. The molecule has 42 heavy (non-hydrogen) atoms. The van der Waals surface area contributed by atoms with Crippen molar-refractivity contribution in [2.75, 3.05) is 0 Å². The Labute approximate surface area is 243 Å². The van der Waals surface area contributed by atoms with Gasteiger partial charge < -0.3 is 0 Å². The third-order valence-electron chi connectivity index (χ3n) is 8.19. The van der Waals surface area contributed by atoms with Gasteiger partial charge in [0.05, 0.1) is 22.8 Å². The molecule has 8 rings (SSSR count). The Kier molecular flexibility index (Phi) is 5.89. The van der Waals surface area contributed by atoms with Crippen molar-refractivity contribution < 1.29 is 0 Å². The summed E-state index contributed by atoms with van der Waals surface area (Å²) in [5, 5.41) is 5.20. The minimum Gasteiger partial charge on any atom is -0.255 e. The standard InChI is InChI=1S/C38H26N4/c1-2-8-30-29(7-1)33-21-25(27-13-17-37(41-23-27)35-9-3-5-19-39-35)11-15-31(33)32-16-12-26(22-34(30)32)28-14-18-38(42-24-28)36-10-4-6-20-40-36/h1-7,9-11,13-24H,8,12H2. The molecule has 0 radical (unpaired) electrons. The smallest absolute Gasteiger partial charge is 0.0886 e. The largest absolute Gasteiger partial charge is 0.255 e.